The Morgan fingerprint density at radius 2 is 1.95 bits per heavy atom. The highest BCUT2D eigenvalue weighted by Gasteiger charge is 2.17. The molecule has 8 nitrogen and oxygen atoms in total. The summed E-state index contributed by atoms with van der Waals surface area (Å²) < 4.78 is 5.38. The molecule has 0 bridgehead atoms. The molecule has 2 aromatic heterocycles. The van der Waals surface area contributed by atoms with Crippen LogP contribution in [0.15, 0.2) is 22.7 Å². The summed E-state index contributed by atoms with van der Waals surface area (Å²) in [6.07, 6.45) is 0. The van der Waals surface area contributed by atoms with Crippen LogP contribution in [0.3, 0.4) is 0 Å². The Hall–Kier alpha value is -2.32. The highest BCUT2D eigenvalue weighted by molar-refractivity contribution is 5.78. The van der Waals surface area contributed by atoms with Gasteiger partial charge in [0.25, 0.3) is 5.89 Å². The number of nitrogens with zero attached hydrogens (tertiary/aromatic N) is 6. The van der Waals surface area contributed by atoms with Crippen molar-refractivity contribution in [2.24, 2.45) is 0 Å². The molecule has 0 aliphatic carbocycles. The van der Waals surface area contributed by atoms with Gasteiger partial charge in [0.05, 0.1) is 6.54 Å². The lowest BCUT2D eigenvalue weighted by Crippen LogP contribution is -2.44. The van der Waals surface area contributed by atoms with E-state index in [1.54, 1.807) is 0 Å². The molecule has 1 aliphatic heterocycles. The molecule has 1 N–H and O–H groups in total. The van der Waals surface area contributed by atoms with Gasteiger partial charge in [-0.2, -0.15) is 20.4 Å². The molecule has 22 heavy (non-hydrogen) atoms. The van der Waals surface area contributed by atoms with Crippen molar-refractivity contribution in [2.45, 2.75) is 6.54 Å². The number of aromatic amines is 1. The minimum absolute atomic E-state index is 0.522. The number of hydrogen-bond acceptors (Lipinski definition) is 7. The second kappa shape index (κ2) is 5.47. The fraction of sp³-hybridized carbons (Fsp3) is 0.429. The van der Waals surface area contributed by atoms with E-state index >= 15 is 0 Å². The van der Waals surface area contributed by atoms with E-state index in [4.69, 9.17) is 4.52 Å². The van der Waals surface area contributed by atoms with Crippen molar-refractivity contribution in [3.8, 4) is 11.5 Å². The summed E-state index contributed by atoms with van der Waals surface area (Å²) in [7, 11) is 2.14. The standard InChI is InChI=1S/C14H17N7O/c1-20-4-6-21(7-5-20)9-13-15-14(22-18-13)10-2-3-11-12(8-10)17-19-16-11/h2-3,8H,4-7,9H2,1H3,(H,16,17,19). The second-order valence-corrected chi connectivity index (χ2v) is 5.62. The van der Waals surface area contributed by atoms with Gasteiger partial charge in [-0.3, -0.25) is 4.90 Å². The third kappa shape index (κ3) is 2.58. The zero-order valence-electron chi connectivity index (χ0n) is 12.4. The second-order valence-electron chi connectivity index (χ2n) is 5.62. The Kier molecular flexibility index (Phi) is 3.32. The number of benzene rings is 1. The Morgan fingerprint density at radius 3 is 2.82 bits per heavy atom. The third-order valence-electron chi connectivity index (χ3n) is 3.99. The zero-order chi connectivity index (χ0) is 14.9. The van der Waals surface area contributed by atoms with E-state index in [9.17, 15) is 0 Å². The quantitative estimate of drug-likeness (QED) is 0.763. The van der Waals surface area contributed by atoms with E-state index in [1.807, 2.05) is 18.2 Å². The van der Waals surface area contributed by atoms with Gasteiger partial charge >= 0.3 is 0 Å². The smallest absolute Gasteiger partial charge is 0.258 e. The van der Waals surface area contributed by atoms with Crippen molar-refractivity contribution in [2.75, 3.05) is 33.2 Å². The highest BCUT2D eigenvalue weighted by atomic mass is 16.5. The van der Waals surface area contributed by atoms with Crippen LogP contribution in [-0.2, 0) is 6.54 Å². The number of nitrogens with one attached hydrogen (secondary N) is 1. The molecule has 1 saturated heterocycles. The minimum Gasteiger partial charge on any atom is -0.334 e. The van der Waals surface area contributed by atoms with E-state index in [1.165, 1.54) is 0 Å². The number of piperazine rings is 1. The van der Waals surface area contributed by atoms with Gasteiger partial charge < -0.3 is 9.42 Å². The fourth-order valence-electron chi connectivity index (χ4n) is 2.61. The maximum Gasteiger partial charge on any atom is 0.258 e. The van der Waals surface area contributed by atoms with Crippen LogP contribution >= 0.6 is 0 Å². The minimum atomic E-state index is 0.522. The van der Waals surface area contributed by atoms with E-state index in [-0.39, 0.29) is 0 Å². The molecule has 4 rings (SSSR count). The lowest BCUT2D eigenvalue weighted by molar-refractivity contribution is 0.144. The number of hydrogen-bond donors (Lipinski definition) is 1. The molecule has 0 unspecified atom stereocenters. The lowest BCUT2D eigenvalue weighted by atomic mass is 10.2. The molecule has 0 atom stereocenters. The molecule has 0 radical (unpaired) electrons. The summed E-state index contributed by atoms with van der Waals surface area (Å²) >= 11 is 0. The number of H-pyrrole nitrogens is 1. The maximum absolute atomic E-state index is 5.38. The van der Waals surface area contributed by atoms with Crippen LogP contribution < -0.4 is 0 Å². The van der Waals surface area contributed by atoms with Gasteiger partial charge in [-0.25, -0.2) is 0 Å². The monoisotopic (exact) mass is 299 g/mol. The highest BCUT2D eigenvalue weighted by Crippen LogP contribution is 2.21. The Bertz CT molecular complexity index is 772. The number of aromatic nitrogens is 5. The van der Waals surface area contributed by atoms with Gasteiger partial charge in [-0.1, -0.05) is 5.16 Å². The Morgan fingerprint density at radius 1 is 1.14 bits per heavy atom. The number of likely N-dealkylation sites (N-methyl/N-ethyl adjacent to an activating group) is 1. The summed E-state index contributed by atoms with van der Waals surface area (Å²) in [4.78, 5) is 9.16. The van der Waals surface area contributed by atoms with Crippen molar-refractivity contribution >= 4 is 11.0 Å². The average Bonchev–Trinajstić information content (AvgIpc) is 3.17. The molecule has 114 valence electrons. The van der Waals surface area contributed by atoms with Gasteiger partial charge in [-0.05, 0) is 25.2 Å². The fourth-order valence-corrected chi connectivity index (χ4v) is 2.61. The molecule has 8 heteroatoms. The van der Waals surface area contributed by atoms with E-state index in [0.717, 1.165) is 55.1 Å². The van der Waals surface area contributed by atoms with Crippen LogP contribution in [0.2, 0.25) is 0 Å². The average molecular weight is 299 g/mol. The first kappa shape index (κ1) is 13.4. The van der Waals surface area contributed by atoms with Gasteiger partial charge in [0, 0.05) is 31.7 Å². The van der Waals surface area contributed by atoms with Crippen LogP contribution in [0.5, 0.6) is 0 Å². The van der Waals surface area contributed by atoms with Crippen molar-refractivity contribution in [1.82, 2.24) is 35.4 Å². The van der Waals surface area contributed by atoms with Gasteiger partial charge in [0.2, 0.25) is 0 Å². The van der Waals surface area contributed by atoms with E-state index < -0.39 is 0 Å². The zero-order valence-corrected chi connectivity index (χ0v) is 12.4. The summed E-state index contributed by atoms with van der Waals surface area (Å²) in [5, 5.41) is 14.8. The van der Waals surface area contributed by atoms with Crippen LogP contribution in [0, 0.1) is 0 Å². The van der Waals surface area contributed by atoms with E-state index in [2.05, 4.69) is 42.4 Å². The first-order chi connectivity index (χ1) is 10.8. The molecule has 1 fully saturated rings. The predicted octanol–water partition coefficient (Wildman–Crippen LogP) is 0.755. The molecule has 0 amide bonds. The Balaban J connectivity index is 1.50. The first-order valence-electron chi connectivity index (χ1n) is 7.32. The summed E-state index contributed by atoms with van der Waals surface area (Å²) in [6, 6.07) is 5.70. The first-order valence-corrected chi connectivity index (χ1v) is 7.32. The molecule has 3 heterocycles. The Labute approximate surface area is 127 Å². The molecule has 3 aromatic rings. The maximum atomic E-state index is 5.38. The van der Waals surface area contributed by atoms with Crippen molar-refractivity contribution in [3.63, 3.8) is 0 Å². The summed E-state index contributed by atoms with van der Waals surface area (Å²) in [5.41, 5.74) is 2.47. The van der Waals surface area contributed by atoms with Crippen LogP contribution in [0.1, 0.15) is 5.82 Å². The predicted molar refractivity (Wildman–Crippen MR) is 80.0 cm³/mol. The topological polar surface area (TPSA) is 87.0 Å². The van der Waals surface area contributed by atoms with Crippen LogP contribution in [0.25, 0.3) is 22.5 Å². The molecular formula is C14H17N7O. The van der Waals surface area contributed by atoms with Crippen molar-refractivity contribution in [1.29, 1.82) is 0 Å². The number of rotatable bonds is 3. The van der Waals surface area contributed by atoms with Gasteiger partial charge in [0.1, 0.15) is 11.0 Å². The van der Waals surface area contributed by atoms with Gasteiger partial charge in [0.15, 0.2) is 5.82 Å². The van der Waals surface area contributed by atoms with Gasteiger partial charge in [-0.15, -0.1) is 0 Å². The molecule has 0 saturated carbocycles. The SMILES string of the molecule is CN1CCN(Cc2noc(-c3ccc4n[nH]nc4c3)n2)CC1. The van der Waals surface area contributed by atoms with E-state index in [0.29, 0.717) is 5.89 Å². The molecular weight excluding hydrogens is 282 g/mol. The molecule has 1 aromatic carbocycles. The summed E-state index contributed by atoms with van der Waals surface area (Å²) in [5.74, 6) is 1.24. The van der Waals surface area contributed by atoms with Crippen molar-refractivity contribution in [3.05, 3.63) is 24.0 Å². The summed E-state index contributed by atoms with van der Waals surface area (Å²) in [6.45, 7) is 4.95. The molecule has 0 spiro atoms. The third-order valence-corrected chi connectivity index (χ3v) is 3.99. The lowest BCUT2D eigenvalue weighted by Gasteiger charge is -2.31. The van der Waals surface area contributed by atoms with Crippen LogP contribution in [-0.4, -0.2) is 68.6 Å². The largest absolute Gasteiger partial charge is 0.334 e. The number of fused-ring (bicyclic) bond motifs is 1. The normalized spacial score (nSPS) is 17.3. The molecule has 1 aliphatic rings. The van der Waals surface area contributed by atoms with Crippen LogP contribution in [0.4, 0.5) is 0 Å². The van der Waals surface area contributed by atoms with Crippen molar-refractivity contribution < 1.29 is 4.52 Å².